The number of unbranched alkanes of at least 4 members (excludes halogenated alkanes) is 1. The summed E-state index contributed by atoms with van der Waals surface area (Å²) in [6, 6.07) is 8.32. The molecule has 0 atom stereocenters. The van der Waals surface area contributed by atoms with Crippen LogP contribution in [0.4, 0.5) is 5.69 Å². The van der Waals surface area contributed by atoms with Crippen molar-refractivity contribution in [2.45, 2.75) is 26.2 Å². The van der Waals surface area contributed by atoms with Gasteiger partial charge in [-0.3, -0.25) is 0 Å². The zero-order chi connectivity index (χ0) is 14.8. The van der Waals surface area contributed by atoms with Gasteiger partial charge in [0.25, 0.3) is 0 Å². The zero-order valence-corrected chi connectivity index (χ0v) is 13.1. The van der Waals surface area contributed by atoms with Crippen molar-refractivity contribution in [3.63, 3.8) is 0 Å². The Hall–Kier alpha value is -1.26. The van der Waals surface area contributed by atoms with Crippen LogP contribution in [0.2, 0.25) is 0 Å². The lowest BCUT2D eigenvalue weighted by molar-refractivity contribution is 0.133. The number of anilines is 1. The fourth-order valence-electron chi connectivity index (χ4n) is 2.46. The van der Waals surface area contributed by atoms with Crippen molar-refractivity contribution in [2.24, 2.45) is 0 Å². The molecule has 4 heteroatoms. The van der Waals surface area contributed by atoms with Gasteiger partial charge in [-0.1, -0.05) is 25.5 Å². The summed E-state index contributed by atoms with van der Waals surface area (Å²) in [6.45, 7) is 8.66. The molecular weight excluding hydrogens is 264 g/mol. The van der Waals surface area contributed by atoms with E-state index in [1.165, 1.54) is 12.1 Å². The summed E-state index contributed by atoms with van der Waals surface area (Å²) in [5, 5.41) is 3.45. The smallest absolute Gasteiger partial charge is 0.142 e. The molecule has 1 aliphatic rings. The quantitative estimate of drug-likeness (QED) is 0.710. The highest BCUT2D eigenvalue weighted by atomic mass is 16.5. The van der Waals surface area contributed by atoms with E-state index in [9.17, 15) is 0 Å². The molecule has 0 amide bonds. The van der Waals surface area contributed by atoms with Gasteiger partial charge in [0.15, 0.2) is 0 Å². The number of fused-ring (bicyclic) bond motifs is 1. The van der Waals surface area contributed by atoms with E-state index in [0.29, 0.717) is 0 Å². The van der Waals surface area contributed by atoms with E-state index < -0.39 is 0 Å². The summed E-state index contributed by atoms with van der Waals surface area (Å²) in [7, 11) is 0. The minimum Gasteiger partial charge on any atom is -0.491 e. The first-order valence-corrected chi connectivity index (χ1v) is 8.17. The number of hydrogen-bond acceptors (Lipinski definition) is 4. The molecule has 0 fully saturated rings. The lowest BCUT2D eigenvalue weighted by atomic mass is 10.2. The molecule has 1 aromatic carbocycles. The Morgan fingerprint density at radius 2 is 2.14 bits per heavy atom. The van der Waals surface area contributed by atoms with Gasteiger partial charge in [0, 0.05) is 32.8 Å². The SMILES string of the molecule is CCCCOCCNCCN1CCCOc2ccccc21. The van der Waals surface area contributed by atoms with Crippen molar-refractivity contribution in [1.82, 2.24) is 5.32 Å². The van der Waals surface area contributed by atoms with Gasteiger partial charge in [-0.05, 0) is 25.0 Å². The molecule has 4 nitrogen and oxygen atoms in total. The summed E-state index contributed by atoms with van der Waals surface area (Å²) in [5.74, 6) is 1.01. The van der Waals surface area contributed by atoms with Crippen LogP contribution in [0.25, 0.3) is 0 Å². The Balaban J connectivity index is 1.66. The summed E-state index contributed by atoms with van der Waals surface area (Å²) in [6.07, 6.45) is 3.43. The minimum absolute atomic E-state index is 0.805. The highest BCUT2D eigenvalue weighted by molar-refractivity contribution is 5.58. The van der Waals surface area contributed by atoms with Gasteiger partial charge in [-0.25, -0.2) is 0 Å². The van der Waals surface area contributed by atoms with Crippen LogP contribution in [0.5, 0.6) is 5.75 Å². The highest BCUT2D eigenvalue weighted by Gasteiger charge is 2.14. The molecule has 0 spiro atoms. The second kappa shape index (κ2) is 9.64. The number of nitrogens with one attached hydrogen (secondary N) is 1. The fourth-order valence-corrected chi connectivity index (χ4v) is 2.46. The molecule has 21 heavy (non-hydrogen) atoms. The zero-order valence-electron chi connectivity index (χ0n) is 13.1. The first-order chi connectivity index (χ1) is 10.4. The van der Waals surface area contributed by atoms with E-state index in [0.717, 1.165) is 64.6 Å². The van der Waals surface area contributed by atoms with Gasteiger partial charge >= 0.3 is 0 Å². The average molecular weight is 292 g/mol. The Morgan fingerprint density at radius 3 is 3.05 bits per heavy atom. The standard InChI is InChI=1S/C17H28N2O2/c1-2-3-13-20-15-10-18-9-12-19-11-6-14-21-17-8-5-4-7-16(17)19/h4-5,7-8,18H,2-3,6,9-15H2,1H3. The van der Waals surface area contributed by atoms with Gasteiger partial charge in [-0.2, -0.15) is 0 Å². The molecule has 0 saturated heterocycles. The molecule has 2 rings (SSSR count). The molecule has 1 aliphatic heterocycles. The Kier molecular flexibility index (Phi) is 7.39. The number of para-hydroxylation sites is 2. The largest absolute Gasteiger partial charge is 0.491 e. The molecular formula is C17H28N2O2. The second-order valence-corrected chi connectivity index (χ2v) is 5.37. The molecule has 118 valence electrons. The van der Waals surface area contributed by atoms with Gasteiger partial charge in [0.2, 0.25) is 0 Å². The van der Waals surface area contributed by atoms with E-state index >= 15 is 0 Å². The van der Waals surface area contributed by atoms with Crippen molar-refractivity contribution in [3.8, 4) is 5.75 Å². The van der Waals surface area contributed by atoms with Crippen LogP contribution >= 0.6 is 0 Å². The number of nitrogens with zero attached hydrogens (tertiary/aromatic N) is 1. The van der Waals surface area contributed by atoms with Gasteiger partial charge in [-0.15, -0.1) is 0 Å². The van der Waals surface area contributed by atoms with Crippen LogP contribution in [0.15, 0.2) is 24.3 Å². The molecule has 0 aromatic heterocycles. The van der Waals surface area contributed by atoms with Crippen LogP contribution < -0.4 is 15.0 Å². The van der Waals surface area contributed by atoms with Crippen LogP contribution in [-0.2, 0) is 4.74 Å². The Labute approximate surface area is 128 Å². The second-order valence-electron chi connectivity index (χ2n) is 5.37. The molecule has 1 heterocycles. The summed E-state index contributed by atoms with van der Waals surface area (Å²) in [5.41, 5.74) is 1.22. The maximum atomic E-state index is 5.78. The maximum Gasteiger partial charge on any atom is 0.142 e. The fraction of sp³-hybridized carbons (Fsp3) is 0.647. The third kappa shape index (κ3) is 5.56. The highest BCUT2D eigenvalue weighted by Crippen LogP contribution is 2.29. The van der Waals surface area contributed by atoms with Crippen molar-refractivity contribution in [3.05, 3.63) is 24.3 Å². The van der Waals surface area contributed by atoms with Crippen molar-refractivity contribution < 1.29 is 9.47 Å². The third-order valence-electron chi connectivity index (χ3n) is 3.66. The number of hydrogen-bond donors (Lipinski definition) is 1. The average Bonchev–Trinajstić information content (AvgIpc) is 2.72. The summed E-state index contributed by atoms with van der Waals surface area (Å²) < 4.78 is 11.3. The predicted molar refractivity (Wildman–Crippen MR) is 87.4 cm³/mol. The first kappa shape index (κ1) is 16.1. The van der Waals surface area contributed by atoms with Crippen LogP contribution in [0.3, 0.4) is 0 Å². The first-order valence-electron chi connectivity index (χ1n) is 8.17. The van der Waals surface area contributed by atoms with E-state index in [-0.39, 0.29) is 0 Å². The Bertz CT molecular complexity index is 398. The van der Waals surface area contributed by atoms with Gasteiger partial charge < -0.3 is 19.7 Å². The van der Waals surface area contributed by atoms with E-state index in [2.05, 4.69) is 35.3 Å². The molecule has 0 aliphatic carbocycles. The lowest BCUT2D eigenvalue weighted by Gasteiger charge is -2.23. The van der Waals surface area contributed by atoms with Gasteiger partial charge in [0.1, 0.15) is 5.75 Å². The van der Waals surface area contributed by atoms with Crippen LogP contribution in [0, 0.1) is 0 Å². The molecule has 0 saturated carbocycles. The Morgan fingerprint density at radius 1 is 1.24 bits per heavy atom. The van der Waals surface area contributed by atoms with E-state index in [1.807, 2.05) is 6.07 Å². The predicted octanol–water partition coefficient (Wildman–Crippen LogP) is 2.68. The summed E-state index contributed by atoms with van der Waals surface area (Å²) >= 11 is 0. The molecule has 1 N–H and O–H groups in total. The van der Waals surface area contributed by atoms with E-state index in [1.54, 1.807) is 0 Å². The molecule has 0 unspecified atom stereocenters. The number of benzene rings is 1. The maximum absolute atomic E-state index is 5.78. The van der Waals surface area contributed by atoms with Crippen LogP contribution in [0.1, 0.15) is 26.2 Å². The minimum atomic E-state index is 0.805. The molecule has 0 radical (unpaired) electrons. The van der Waals surface area contributed by atoms with Crippen molar-refractivity contribution in [2.75, 3.05) is 50.9 Å². The topological polar surface area (TPSA) is 33.7 Å². The third-order valence-corrected chi connectivity index (χ3v) is 3.66. The summed E-state index contributed by atoms with van der Waals surface area (Å²) in [4.78, 5) is 2.41. The van der Waals surface area contributed by atoms with Crippen molar-refractivity contribution in [1.29, 1.82) is 0 Å². The molecule has 1 aromatic rings. The monoisotopic (exact) mass is 292 g/mol. The molecule has 0 bridgehead atoms. The van der Waals surface area contributed by atoms with Crippen LogP contribution in [-0.4, -0.2) is 46.0 Å². The van der Waals surface area contributed by atoms with Crippen molar-refractivity contribution >= 4 is 5.69 Å². The van der Waals surface area contributed by atoms with Gasteiger partial charge in [0.05, 0.1) is 18.9 Å². The number of rotatable bonds is 9. The normalized spacial score (nSPS) is 14.4. The van der Waals surface area contributed by atoms with E-state index in [4.69, 9.17) is 9.47 Å². The lowest BCUT2D eigenvalue weighted by Crippen LogP contribution is -2.33. The number of ether oxygens (including phenoxy) is 2.